The number of carboxylic acids is 1. The standard InChI is InChI=1S/C10H18N2O4/c1-16-6-2-3-7(11)8(13)12-10(4-5-10)9(14)15/h7H,2-6,11H2,1H3,(H,12,13)(H,14,15). The molecule has 16 heavy (non-hydrogen) atoms. The zero-order valence-electron chi connectivity index (χ0n) is 9.36. The summed E-state index contributed by atoms with van der Waals surface area (Å²) in [5.41, 5.74) is 4.59. The quantitative estimate of drug-likeness (QED) is 0.510. The minimum Gasteiger partial charge on any atom is -0.480 e. The molecule has 92 valence electrons. The van der Waals surface area contributed by atoms with Gasteiger partial charge in [-0.25, -0.2) is 4.79 Å². The van der Waals surface area contributed by atoms with Crippen molar-refractivity contribution in [3.63, 3.8) is 0 Å². The molecule has 0 spiro atoms. The van der Waals surface area contributed by atoms with Crippen molar-refractivity contribution in [2.45, 2.75) is 37.3 Å². The van der Waals surface area contributed by atoms with E-state index in [1.54, 1.807) is 7.11 Å². The second-order valence-electron chi connectivity index (χ2n) is 4.12. The molecule has 1 aliphatic carbocycles. The van der Waals surface area contributed by atoms with Gasteiger partial charge in [-0.3, -0.25) is 4.79 Å². The molecular weight excluding hydrogens is 212 g/mol. The van der Waals surface area contributed by atoms with Crippen LogP contribution in [-0.2, 0) is 14.3 Å². The molecule has 0 aromatic rings. The average molecular weight is 230 g/mol. The maximum atomic E-state index is 11.6. The van der Waals surface area contributed by atoms with Crippen molar-refractivity contribution in [3.8, 4) is 0 Å². The number of hydrogen-bond donors (Lipinski definition) is 3. The van der Waals surface area contributed by atoms with Crippen molar-refractivity contribution in [2.24, 2.45) is 5.73 Å². The SMILES string of the molecule is COCCCC(N)C(=O)NC1(C(=O)O)CC1. The van der Waals surface area contributed by atoms with Crippen LogP contribution in [0.3, 0.4) is 0 Å². The molecule has 0 aliphatic heterocycles. The molecule has 1 unspecified atom stereocenters. The van der Waals surface area contributed by atoms with Crippen LogP contribution in [0, 0.1) is 0 Å². The van der Waals surface area contributed by atoms with Gasteiger partial charge in [0.05, 0.1) is 6.04 Å². The maximum Gasteiger partial charge on any atom is 0.329 e. The number of carbonyl (C=O) groups is 2. The molecule has 0 aromatic carbocycles. The van der Waals surface area contributed by atoms with E-state index in [2.05, 4.69) is 5.32 Å². The fourth-order valence-electron chi connectivity index (χ4n) is 1.42. The predicted octanol–water partition coefficient (Wildman–Crippen LogP) is -0.526. The lowest BCUT2D eigenvalue weighted by molar-refractivity contribution is -0.143. The Hall–Kier alpha value is -1.14. The van der Waals surface area contributed by atoms with Gasteiger partial charge in [0.2, 0.25) is 5.91 Å². The number of nitrogens with one attached hydrogen (secondary N) is 1. The van der Waals surface area contributed by atoms with Crippen LogP contribution in [0.25, 0.3) is 0 Å². The second kappa shape index (κ2) is 5.27. The molecule has 0 saturated heterocycles. The van der Waals surface area contributed by atoms with Gasteiger partial charge < -0.3 is 20.9 Å². The first kappa shape index (κ1) is 12.9. The number of ether oxygens (including phenoxy) is 1. The topological polar surface area (TPSA) is 102 Å². The van der Waals surface area contributed by atoms with E-state index in [4.69, 9.17) is 15.6 Å². The van der Waals surface area contributed by atoms with E-state index in [9.17, 15) is 9.59 Å². The van der Waals surface area contributed by atoms with Crippen LogP contribution in [0.1, 0.15) is 25.7 Å². The van der Waals surface area contributed by atoms with Gasteiger partial charge in [0.25, 0.3) is 0 Å². The van der Waals surface area contributed by atoms with Gasteiger partial charge in [-0.1, -0.05) is 0 Å². The van der Waals surface area contributed by atoms with Crippen molar-refractivity contribution >= 4 is 11.9 Å². The van der Waals surface area contributed by atoms with Gasteiger partial charge >= 0.3 is 5.97 Å². The van der Waals surface area contributed by atoms with Crippen LogP contribution in [0.2, 0.25) is 0 Å². The molecule has 1 saturated carbocycles. The smallest absolute Gasteiger partial charge is 0.329 e. The van der Waals surface area contributed by atoms with Crippen molar-refractivity contribution < 1.29 is 19.4 Å². The van der Waals surface area contributed by atoms with Gasteiger partial charge in [-0.15, -0.1) is 0 Å². The molecule has 1 rings (SSSR count). The Balaban J connectivity index is 2.32. The Kier molecular flexibility index (Phi) is 4.26. The van der Waals surface area contributed by atoms with Crippen molar-refractivity contribution in [3.05, 3.63) is 0 Å². The molecular formula is C10H18N2O4. The minimum absolute atomic E-state index is 0.393. The zero-order chi connectivity index (χ0) is 12.2. The highest BCUT2D eigenvalue weighted by Crippen LogP contribution is 2.35. The summed E-state index contributed by atoms with van der Waals surface area (Å²) in [6.45, 7) is 0.547. The van der Waals surface area contributed by atoms with Crippen LogP contribution in [0.4, 0.5) is 0 Å². The monoisotopic (exact) mass is 230 g/mol. The molecule has 0 bridgehead atoms. The van der Waals surface area contributed by atoms with Crippen LogP contribution in [-0.4, -0.2) is 42.3 Å². The van der Waals surface area contributed by atoms with E-state index in [0.29, 0.717) is 32.3 Å². The number of rotatable bonds is 7. The Morgan fingerprint density at radius 2 is 2.19 bits per heavy atom. The van der Waals surface area contributed by atoms with Gasteiger partial charge in [0.1, 0.15) is 5.54 Å². The van der Waals surface area contributed by atoms with Gasteiger partial charge in [0.15, 0.2) is 0 Å². The van der Waals surface area contributed by atoms with Gasteiger partial charge in [0, 0.05) is 13.7 Å². The van der Waals surface area contributed by atoms with E-state index in [1.807, 2.05) is 0 Å². The molecule has 6 nitrogen and oxygen atoms in total. The van der Waals surface area contributed by atoms with E-state index in [1.165, 1.54) is 0 Å². The van der Waals surface area contributed by atoms with E-state index >= 15 is 0 Å². The number of methoxy groups -OCH3 is 1. The number of carbonyl (C=O) groups excluding carboxylic acids is 1. The Morgan fingerprint density at radius 3 is 2.62 bits per heavy atom. The number of aliphatic carboxylic acids is 1. The number of hydrogen-bond acceptors (Lipinski definition) is 4. The fourth-order valence-corrected chi connectivity index (χ4v) is 1.42. The van der Waals surface area contributed by atoms with Crippen LogP contribution in [0.5, 0.6) is 0 Å². The van der Waals surface area contributed by atoms with E-state index < -0.39 is 23.5 Å². The molecule has 1 fully saturated rings. The first-order valence-corrected chi connectivity index (χ1v) is 5.32. The Morgan fingerprint density at radius 1 is 1.56 bits per heavy atom. The molecule has 0 radical (unpaired) electrons. The summed E-state index contributed by atoms with van der Waals surface area (Å²) in [5, 5.41) is 11.4. The third-order valence-corrected chi connectivity index (χ3v) is 2.72. The van der Waals surface area contributed by atoms with E-state index in [0.717, 1.165) is 0 Å². The van der Waals surface area contributed by atoms with Gasteiger partial charge in [-0.05, 0) is 25.7 Å². The predicted molar refractivity (Wildman–Crippen MR) is 56.8 cm³/mol. The molecule has 1 aliphatic rings. The summed E-state index contributed by atoms with van der Waals surface area (Å²) < 4.78 is 4.84. The highest BCUT2D eigenvalue weighted by molar-refractivity contribution is 5.91. The minimum atomic E-state index is -1.05. The molecule has 0 aromatic heterocycles. The van der Waals surface area contributed by atoms with Crippen LogP contribution < -0.4 is 11.1 Å². The first-order valence-electron chi connectivity index (χ1n) is 5.32. The van der Waals surface area contributed by atoms with Crippen molar-refractivity contribution in [1.82, 2.24) is 5.32 Å². The lowest BCUT2D eigenvalue weighted by Crippen LogP contribution is -2.50. The average Bonchev–Trinajstić information content (AvgIpc) is 2.99. The second-order valence-corrected chi connectivity index (χ2v) is 4.12. The summed E-state index contributed by atoms with van der Waals surface area (Å²) in [6.07, 6.45) is 2.15. The lowest BCUT2D eigenvalue weighted by Gasteiger charge is -2.16. The molecule has 4 N–H and O–H groups in total. The van der Waals surface area contributed by atoms with Crippen molar-refractivity contribution in [2.75, 3.05) is 13.7 Å². The highest BCUT2D eigenvalue weighted by Gasteiger charge is 2.51. The van der Waals surface area contributed by atoms with E-state index in [-0.39, 0.29) is 0 Å². The summed E-state index contributed by atoms with van der Waals surface area (Å²) in [7, 11) is 1.58. The van der Waals surface area contributed by atoms with Crippen molar-refractivity contribution in [1.29, 1.82) is 0 Å². The molecule has 6 heteroatoms. The summed E-state index contributed by atoms with van der Waals surface area (Å²) in [5.74, 6) is -1.37. The Labute approximate surface area is 94.1 Å². The summed E-state index contributed by atoms with van der Waals surface area (Å²) in [6, 6.07) is -0.660. The Bertz CT molecular complexity index is 276. The van der Waals surface area contributed by atoms with Crippen LogP contribution in [0.15, 0.2) is 0 Å². The zero-order valence-corrected chi connectivity index (χ0v) is 9.36. The summed E-state index contributed by atoms with van der Waals surface area (Å²) >= 11 is 0. The third-order valence-electron chi connectivity index (χ3n) is 2.72. The highest BCUT2D eigenvalue weighted by atomic mass is 16.5. The summed E-state index contributed by atoms with van der Waals surface area (Å²) in [4.78, 5) is 22.4. The fraction of sp³-hybridized carbons (Fsp3) is 0.800. The van der Waals surface area contributed by atoms with Crippen LogP contribution >= 0.6 is 0 Å². The number of carboxylic acid groups (broad SMARTS) is 1. The third kappa shape index (κ3) is 3.18. The lowest BCUT2D eigenvalue weighted by atomic mass is 10.1. The molecule has 1 amide bonds. The number of nitrogens with two attached hydrogens (primary N) is 1. The first-order chi connectivity index (χ1) is 7.52. The van der Waals surface area contributed by atoms with Gasteiger partial charge in [-0.2, -0.15) is 0 Å². The maximum absolute atomic E-state index is 11.6. The molecule has 1 atom stereocenters. The molecule has 0 heterocycles. The number of amides is 1. The largest absolute Gasteiger partial charge is 0.480 e. The normalized spacial score (nSPS) is 18.9.